The highest BCUT2D eigenvalue weighted by molar-refractivity contribution is 5.88. The zero-order valence-electron chi connectivity index (χ0n) is 12.5. The van der Waals surface area contributed by atoms with Crippen molar-refractivity contribution in [3.63, 3.8) is 0 Å². The smallest absolute Gasteiger partial charge is 0.239 e. The third kappa shape index (κ3) is 5.01. The standard InChI is InChI=1S/C15H23N3O2/c1-5-17-15(3,4)14(20)16-10-12-6-8-13(9-7-12)18-11(2)19/h6-9,17H,5,10H2,1-4H3,(H,16,20)(H,18,19). The maximum Gasteiger partial charge on any atom is 0.239 e. The van der Waals surface area contributed by atoms with Gasteiger partial charge in [0.1, 0.15) is 0 Å². The molecule has 20 heavy (non-hydrogen) atoms. The van der Waals surface area contributed by atoms with Crippen molar-refractivity contribution in [3.05, 3.63) is 29.8 Å². The number of likely N-dealkylation sites (N-methyl/N-ethyl adjacent to an activating group) is 1. The van der Waals surface area contributed by atoms with E-state index in [1.54, 1.807) is 0 Å². The van der Waals surface area contributed by atoms with Crippen LogP contribution >= 0.6 is 0 Å². The molecule has 1 rings (SSSR count). The van der Waals surface area contributed by atoms with Gasteiger partial charge in [-0.2, -0.15) is 0 Å². The van der Waals surface area contributed by atoms with Gasteiger partial charge in [0.25, 0.3) is 0 Å². The van der Waals surface area contributed by atoms with Gasteiger partial charge in [-0.3, -0.25) is 9.59 Å². The lowest BCUT2D eigenvalue weighted by Gasteiger charge is -2.24. The predicted octanol–water partition coefficient (Wildman–Crippen LogP) is 1.65. The summed E-state index contributed by atoms with van der Waals surface area (Å²) in [6.45, 7) is 8.35. The quantitative estimate of drug-likeness (QED) is 0.740. The number of carbonyl (C=O) groups is 2. The summed E-state index contributed by atoms with van der Waals surface area (Å²) in [4.78, 5) is 22.9. The van der Waals surface area contributed by atoms with E-state index < -0.39 is 5.54 Å². The number of nitrogens with one attached hydrogen (secondary N) is 3. The van der Waals surface area contributed by atoms with Gasteiger partial charge in [-0.15, -0.1) is 0 Å². The monoisotopic (exact) mass is 277 g/mol. The zero-order chi connectivity index (χ0) is 15.2. The molecule has 0 saturated carbocycles. The van der Waals surface area contributed by atoms with Crippen molar-refractivity contribution in [2.75, 3.05) is 11.9 Å². The maximum absolute atomic E-state index is 12.0. The van der Waals surface area contributed by atoms with E-state index in [-0.39, 0.29) is 11.8 Å². The molecular formula is C15H23N3O2. The molecule has 0 bridgehead atoms. The number of hydrogen-bond acceptors (Lipinski definition) is 3. The first-order valence-corrected chi connectivity index (χ1v) is 6.75. The number of anilines is 1. The Balaban J connectivity index is 2.53. The van der Waals surface area contributed by atoms with Crippen molar-refractivity contribution >= 4 is 17.5 Å². The molecule has 3 N–H and O–H groups in total. The van der Waals surface area contributed by atoms with Crippen LogP contribution in [0, 0.1) is 0 Å². The lowest BCUT2D eigenvalue weighted by Crippen LogP contribution is -2.52. The molecule has 0 atom stereocenters. The fourth-order valence-electron chi connectivity index (χ4n) is 1.83. The molecule has 2 amide bonds. The zero-order valence-corrected chi connectivity index (χ0v) is 12.5. The third-order valence-corrected chi connectivity index (χ3v) is 2.91. The Bertz CT molecular complexity index is 467. The third-order valence-electron chi connectivity index (χ3n) is 2.91. The van der Waals surface area contributed by atoms with Crippen molar-refractivity contribution in [2.45, 2.75) is 39.8 Å². The van der Waals surface area contributed by atoms with Gasteiger partial charge in [0, 0.05) is 19.2 Å². The van der Waals surface area contributed by atoms with E-state index in [2.05, 4.69) is 16.0 Å². The fourth-order valence-corrected chi connectivity index (χ4v) is 1.83. The molecular weight excluding hydrogens is 254 g/mol. The molecule has 0 aliphatic rings. The molecule has 1 aromatic carbocycles. The van der Waals surface area contributed by atoms with Gasteiger partial charge >= 0.3 is 0 Å². The second-order valence-electron chi connectivity index (χ2n) is 5.22. The second-order valence-corrected chi connectivity index (χ2v) is 5.22. The summed E-state index contributed by atoms with van der Waals surface area (Å²) in [6, 6.07) is 7.40. The van der Waals surface area contributed by atoms with Crippen LogP contribution in [0.3, 0.4) is 0 Å². The van der Waals surface area contributed by atoms with Crippen molar-refractivity contribution in [3.8, 4) is 0 Å². The highest BCUT2D eigenvalue weighted by Gasteiger charge is 2.25. The van der Waals surface area contributed by atoms with Gasteiger partial charge in [0.05, 0.1) is 5.54 Å². The molecule has 0 heterocycles. The van der Waals surface area contributed by atoms with E-state index in [1.807, 2.05) is 45.0 Å². The molecule has 110 valence electrons. The van der Waals surface area contributed by atoms with Crippen LogP contribution in [0.5, 0.6) is 0 Å². The molecule has 5 nitrogen and oxygen atoms in total. The molecule has 0 aromatic heterocycles. The van der Waals surface area contributed by atoms with Gasteiger partial charge in [0.15, 0.2) is 0 Å². The summed E-state index contributed by atoms with van der Waals surface area (Å²) >= 11 is 0. The van der Waals surface area contributed by atoms with Crippen LogP contribution < -0.4 is 16.0 Å². The van der Waals surface area contributed by atoms with E-state index >= 15 is 0 Å². The molecule has 0 saturated heterocycles. The highest BCUT2D eigenvalue weighted by atomic mass is 16.2. The largest absolute Gasteiger partial charge is 0.350 e. The Morgan fingerprint density at radius 1 is 1.15 bits per heavy atom. The molecule has 0 spiro atoms. The SMILES string of the molecule is CCNC(C)(C)C(=O)NCc1ccc(NC(C)=O)cc1. The number of carbonyl (C=O) groups excluding carboxylic acids is 2. The van der Waals surface area contributed by atoms with Crippen LogP contribution in [0.1, 0.15) is 33.3 Å². The van der Waals surface area contributed by atoms with Crippen LogP contribution in [-0.4, -0.2) is 23.9 Å². The van der Waals surface area contributed by atoms with Crippen LogP contribution in [0.2, 0.25) is 0 Å². The minimum atomic E-state index is -0.578. The summed E-state index contributed by atoms with van der Waals surface area (Å²) in [5, 5.41) is 8.73. The van der Waals surface area contributed by atoms with Crippen LogP contribution in [-0.2, 0) is 16.1 Å². The number of amides is 2. The van der Waals surface area contributed by atoms with Gasteiger partial charge in [0.2, 0.25) is 11.8 Å². The molecule has 1 aromatic rings. The van der Waals surface area contributed by atoms with E-state index in [0.29, 0.717) is 6.54 Å². The topological polar surface area (TPSA) is 70.2 Å². The second kappa shape index (κ2) is 7.05. The van der Waals surface area contributed by atoms with Crippen LogP contribution in [0.15, 0.2) is 24.3 Å². The fraction of sp³-hybridized carbons (Fsp3) is 0.467. The Labute approximate surface area is 120 Å². The normalized spacial score (nSPS) is 11.0. The van der Waals surface area contributed by atoms with E-state index in [1.165, 1.54) is 6.92 Å². The summed E-state index contributed by atoms with van der Waals surface area (Å²) in [5.74, 6) is -0.135. The first-order chi connectivity index (χ1) is 9.35. The minimum Gasteiger partial charge on any atom is -0.350 e. The van der Waals surface area contributed by atoms with Gasteiger partial charge in [-0.05, 0) is 38.1 Å². The number of benzene rings is 1. The van der Waals surface area contributed by atoms with E-state index in [0.717, 1.165) is 17.8 Å². The molecule has 0 aliphatic carbocycles. The summed E-state index contributed by atoms with van der Waals surface area (Å²) < 4.78 is 0. The van der Waals surface area contributed by atoms with Crippen molar-refractivity contribution in [1.82, 2.24) is 10.6 Å². The Morgan fingerprint density at radius 2 is 1.75 bits per heavy atom. The molecule has 0 radical (unpaired) electrons. The number of hydrogen-bond donors (Lipinski definition) is 3. The van der Waals surface area contributed by atoms with Crippen LogP contribution in [0.4, 0.5) is 5.69 Å². The Morgan fingerprint density at radius 3 is 2.25 bits per heavy atom. The van der Waals surface area contributed by atoms with Crippen molar-refractivity contribution in [2.24, 2.45) is 0 Å². The summed E-state index contributed by atoms with van der Waals surface area (Å²) in [5.41, 5.74) is 1.16. The average molecular weight is 277 g/mol. The highest BCUT2D eigenvalue weighted by Crippen LogP contribution is 2.10. The van der Waals surface area contributed by atoms with Gasteiger partial charge in [-0.25, -0.2) is 0 Å². The summed E-state index contributed by atoms with van der Waals surface area (Å²) in [7, 11) is 0. The van der Waals surface area contributed by atoms with E-state index in [4.69, 9.17) is 0 Å². The molecule has 5 heteroatoms. The first-order valence-electron chi connectivity index (χ1n) is 6.75. The van der Waals surface area contributed by atoms with Crippen molar-refractivity contribution in [1.29, 1.82) is 0 Å². The Hall–Kier alpha value is -1.88. The Kier molecular flexibility index (Phi) is 5.70. The molecule has 0 unspecified atom stereocenters. The minimum absolute atomic E-state index is 0.0368. The average Bonchev–Trinajstić information content (AvgIpc) is 2.36. The summed E-state index contributed by atoms with van der Waals surface area (Å²) in [6.07, 6.45) is 0. The first kappa shape index (κ1) is 16.2. The van der Waals surface area contributed by atoms with Gasteiger partial charge < -0.3 is 16.0 Å². The van der Waals surface area contributed by atoms with Crippen molar-refractivity contribution < 1.29 is 9.59 Å². The predicted molar refractivity (Wildman–Crippen MR) is 80.3 cm³/mol. The lowest BCUT2D eigenvalue weighted by molar-refractivity contribution is -0.126. The van der Waals surface area contributed by atoms with E-state index in [9.17, 15) is 9.59 Å². The lowest BCUT2D eigenvalue weighted by atomic mass is 10.0. The van der Waals surface area contributed by atoms with Gasteiger partial charge in [-0.1, -0.05) is 19.1 Å². The number of rotatable bonds is 6. The maximum atomic E-state index is 12.0. The molecule has 0 aliphatic heterocycles. The molecule has 0 fully saturated rings. The van der Waals surface area contributed by atoms with Crippen LogP contribution in [0.25, 0.3) is 0 Å².